The Bertz CT molecular complexity index is 1180. The molecule has 2 N–H and O–H groups in total. The van der Waals surface area contributed by atoms with Gasteiger partial charge in [-0.15, -0.1) is 10.2 Å². The minimum atomic E-state index is 0.403. The summed E-state index contributed by atoms with van der Waals surface area (Å²) in [6, 6.07) is 20.5. The summed E-state index contributed by atoms with van der Waals surface area (Å²) >= 11 is 0. The van der Waals surface area contributed by atoms with Crippen LogP contribution in [-0.4, -0.2) is 51.7 Å². The Labute approximate surface area is 196 Å². The third-order valence-electron chi connectivity index (χ3n) is 4.56. The lowest BCUT2D eigenvalue weighted by molar-refractivity contribution is 0.322. The van der Waals surface area contributed by atoms with E-state index < -0.39 is 0 Å². The van der Waals surface area contributed by atoms with Crippen LogP contribution >= 0.6 is 0 Å². The van der Waals surface area contributed by atoms with Crippen LogP contribution in [0.5, 0.6) is 0 Å². The molecule has 0 amide bonds. The van der Waals surface area contributed by atoms with Gasteiger partial charge in [0.25, 0.3) is 0 Å². The number of aromatic nitrogens is 1. The molecule has 9 heteroatoms. The van der Waals surface area contributed by atoms with Gasteiger partial charge in [0.15, 0.2) is 0 Å². The van der Waals surface area contributed by atoms with Crippen molar-refractivity contribution in [2.75, 3.05) is 0 Å². The van der Waals surface area contributed by atoms with Crippen LogP contribution in [-0.2, 0) is 0 Å². The number of hydrogen-bond acceptors (Lipinski definition) is 9. The van der Waals surface area contributed by atoms with E-state index in [9.17, 15) is 0 Å². The van der Waals surface area contributed by atoms with Crippen molar-refractivity contribution in [1.29, 1.82) is 0 Å². The molecule has 3 rings (SSSR count). The molecule has 0 radical (unpaired) electrons. The van der Waals surface area contributed by atoms with Crippen molar-refractivity contribution in [2.24, 2.45) is 30.7 Å². The van der Waals surface area contributed by atoms with E-state index in [0.717, 1.165) is 22.3 Å². The summed E-state index contributed by atoms with van der Waals surface area (Å²) < 4.78 is 0. The zero-order valence-electron chi connectivity index (χ0n) is 18.7. The van der Waals surface area contributed by atoms with E-state index in [1.807, 2.05) is 62.4 Å². The minimum Gasteiger partial charge on any atom is -0.411 e. The summed E-state index contributed by atoms with van der Waals surface area (Å²) in [6.45, 7) is 3.96. The molecule has 0 aliphatic rings. The summed E-state index contributed by atoms with van der Waals surface area (Å²) in [5, 5.41) is 40.3. The Morgan fingerprint density at radius 3 is 1.44 bits per heavy atom. The van der Waals surface area contributed by atoms with E-state index in [4.69, 9.17) is 10.4 Å². The molecule has 0 spiro atoms. The number of oxime groups is 2. The van der Waals surface area contributed by atoms with Crippen molar-refractivity contribution < 1.29 is 10.4 Å². The molecule has 0 bridgehead atoms. The molecule has 170 valence electrons. The molecular formula is C25H23N7O2. The average molecular weight is 454 g/mol. The van der Waals surface area contributed by atoms with Crippen LogP contribution in [0.25, 0.3) is 0 Å². The zero-order valence-corrected chi connectivity index (χ0v) is 18.7. The first-order valence-corrected chi connectivity index (χ1v) is 10.3. The van der Waals surface area contributed by atoms with Gasteiger partial charge < -0.3 is 10.4 Å². The van der Waals surface area contributed by atoms with Crippen LogP contribution < -0.4 is 0 Å². The molecule has 0 saturated carbocycles. The second kappa shape index (κ2) is 12.3. The van der Waals surface area contributed by atoms with Crippen LogP contribution in [0.1, 0.15) is 33.6 Å². The van der Waals surface area contributed by atoms with Crippen LogP contribution in [0.2, 0.25) is 0 Å². The Hall–Kier alpha value is -4.79. The van der Waals surface area contributed by atoms with Crippen molar-refractivity contribution in [3.63, 3.8) is 0 Å². The first kappa shape index (κ1) is 23.9. The first-order chi connectivity index (χ1) is 16.6. The number of nitrogens with zero attached hydrogens (tertiary/aromatic N) is 7. The number of rotatable bonds is 8. The molecule has 0 saturated heterocycles. The summed E-state index contributed by atoms with van der Waals surface area (Å²) in [7, 11) is 0. The number of aryl methyl sites for hydroxylation is 2. The fraction of sp³-hybridized carbons (Fsp3) is 0.0800. The maximum Gasteiger partial charge on any atom is 0.114 e. The highest BCUT2D eigenvalue weighted by atomic mass is 16.4. The summed E-state index contributed by atoms with van der Waals surface area (Å²) in [6.07, 6.45) is 5.40. The molecule has 3 aromatic rings. The quantitative estimate of drug-likeness (QED) is 0.300. The summed E-state index contributed by atoms with van der Waals surface area (Å²) in [5.74, 6) is 0. The fourth-order valence-corrected chi connectivity index (χ4v) is 2.79. The number of hydrogen-bond donors (Lipinski definition) is 2. The fourth-order valence-electron chi connectivity index (χ4n) is 2.79. The lowest BCUT2D eigenvalue weighted by atomic mass is 10.1. The molecule has 0 atom stereocenters. The average Bonchev–Trinajstić information content (AvgIpc) is 2.84. The van der Waals surface area contributed by atoms with Gasteiger partial charge in [0, 0.05) is 11.1 Å². The maximum absolute atomic E-state index is 8.92. The van der Waals surface area contributed by atoms with Gasteiger partial charge in [-0.25, -0.2) is 4.98 Å². The van der Waals surface area contributed by atoms with Gasteiger partial charge in [0.05, 0.1) is 36.2 Å². The lowest BCUT2D eigenvalue weighted by Gasteiger charge is -2.00. The zero-order chi connectivity index (χ0) is 24.2. The Kier molecular flexibility index (Phi) is 8.63. The highest BCUT2D eigenvalue weighted by Gasteiger charge is 2.02. The van der Waals surface area contributed by atoms with Gasteiger partial charge in [-0.05, 0) is 26.0 Å². The Balaban J connectivity index is 1.77. The molecule has 0 unspecified atom stereocenters. The second-order valence-electron chi connectivity index (χ2n) is 7.17. The van der Waals surface area contributed by atoms with Gasteiger partial charge in [-0.3, -0.25) is 0 Å². The highest BCUT2D eigenvalue weighted by Crippen LogP contribution is 2.06. The van der Waals surface area contributed by atoms with Crippen LogP contribution in [0.15, 0.2) is 97.4 Å². The van der Waals surface area contributed by atoms with Crippen molar-refractivity contribution in [1.82, 2.24) is 4.98 Å². The lowest BCUT2D eigenvalue weighted by Crippen LogP contribution is -2.02. The number of benzene rings is 2. The molecule has 9 nitrogen and oxygen atoms in total. The summed E-state index contributed by atoms with van der Waals surface area (Å²) in [4.78, 5) is 4.42. The molecule has 2 aromatic carbocycles. The monoisotopic (exact) mass is 453 g/mol. The van der Waals surface area contributed by atoms with Gasteiger partial charge >= 0.3 is 0 Å². The molecule has 34 heavy (non-hydrogen) atoms. The summed E-state index contributed by atoms with van der Waals surface area (Å²) in [5.41, 5.74) is 5.66. The Morgan fingerprint density at radius 2 is 1.06 bits per heavy atom. The van der Waals surface area contributed by atoms with Crippen molar-refractivity contribution >= 4 is 36.3 Å². The van der Waals surface area contributed by atoms with E-state index in [1.165, 1.54) is 24.9 Å². The van der Waals surface area contributed by atoms with Gasteiger partial charge in [-0.1, -0.05) is 76.0 Å². The van der Waals surface area contributed by atoms with Gasteiger partial charge in [0.1, 0.15) is 11.4 Å². The van der Waals surface area contributed by atoms with Gasteiger partial charge in [0.2, 0.25) is 0 Å². The first-order valence-electron chi connectivity index (χ1n) is 10.3. The van der Waals surface area contributed by atoms with E-state index in [2.05, 4.69) is 35.7 Å². The Morgan fingerprint density at radius 1 is 0.647 bits per heavy atom. The van der Waals surface area contributed by atoms with Crippen molar-refractivity contribution in [2.45, 2.75) is 13.8 Å². The molecular weight excluding hydrogens is 430 g/mol. The van der Waals surface area contributed by atoms with E-state index in [0.29, 0.717) is 22.8 Å². The third kappa shape index (κ3) is 7.13. The topological polar surface area (TPSA) is 128 Å². The predicted octanol–water partition coefficient (Wildman–Crippen LogP) is 4.26. The molecule has 0 aliphatic heterocycles. The molecule has 1 heterocycles. The normalized spacial score (nSPS) is 13.1. The van der Waals surface area contributed by atoms with E-state index in [-0.39, 0.29) is 0 Å². The minimum absolute atomic E-state index is 0.403. The third-order valence-corrected chi connectivity index (χ3v) is 4.56. The van der Waals surface area contributed by atoms with Crippen LogP contribution in [0, 0.1) is 13.8 Å². The standard InChI is InChI=1S/C25H23N7O2/c1-18-6-10-20(11-7-18)24(16-28-33)31-26-14-22-4-3-5-23(30-22)15-27-32-25(17-29-34)21-12-8-19(2)9-13-21/h3-17,33-34H,1-2H3/b26-14+,27-15+,28-16+,29-17+,31-24+,32-25+. The predicted molar refractivity (Wildman–Crippen MR) is 135 cm³/mol. The molecule has 0 fully saturated rings. The maximum atomic E-state index is 8.92. The second-order valence-corrected chi connectivity index (χ2v) is 7.17. The number of pyridine rings is 1. The smallest absolute Gasteiger partial charge is 0.114 e. The molecule has 0 aliphatic carbocycles. The highest BCUT2D eigenvalue weighted by molar-refractivity contribution is 6.38. The van der Waals surface area contributed by atoms with Crippen molar-refractivity contribution in [3.8, 4) is 0 Å². The van der Waals surface area contributed by atoms with Gasteiger partial charge in [-0.2, -0.15) is 10.2 Å². The SMILES string of the molecule is Cc1ccc(C(/C=N/O)=N/N=C/c2cccc(/C=N/N=C(\C=N\O)c3ccc(C)cc3)n2)cc1. The molecule has 1 aromatic heterocycles. The van der Waals surface area contributed by atoms with Crippen LogP contribution in [0.3, 0.4) is 0 Å². The van der Waals surface area contributed by atoms with E-state index in [1.54, 1.807) is 18.2 Å². The van der Waals surface area contributed by atoms with Crippen LogP contribution in [0.4, 0.5) is 0 Å². The van der Waals surface area contributed by atoms with E-state index >= 15 is 0 Å². The largest absolute Gasteiger partial charge is 0.411 e. The van der Waals surface area contributed by atoms with Crippen molar-refractivity contribution in [3.05, 3.63) is 100 Å².